The Morgan fingerprint density at radius 2 is 1.80 bits per heavy atom. The van der Waals surface area contributed by atoms with Crippen LogP contribution in [-0.4, -0.2) is 0 Å². The van der Waals surface area contributed by atoms with E-state index in [2.05, 4.69) is 52.7 Å². The third-order valence-corrected chi connectivity index (χ3v) is 4.36. The molecule has 0 rings (SSSR count). The van der Waals surface area contributed by atoms with Crippen LogP contribution in [0.4, 0.5) is 0 Å². The van der Waals surface area contributed by atoms with Crippen LogP contribution in [-0.2, 0) is 0 Å². The second-order valence-corrected chi connectivity index (χ2v) is 6.66. The standard InChI is InChI=1S/C20H36/c1-7-10-11-15-20(14-8-2,17-19(6)9-3)16-12-13-18(4)5/h7,9,19H,1,3-4,8,10-17H2,2,5-6H3. The van der Waals surface area contributed by atoms with Gasteiger partial charge in [-0.15, -0.1) is 19.7 Å². The number of hydrogen-bond donors (Lipinski definition) is 0. The average molecular weight is 277 g/mol. The molecule has 0 amide bonds. The average Bonchev–Trinajstić information content (AvgIpc) is 2.38. The van der Waals surface area contributed by atoms with Gasteiger partial charge in [0, 0.05) is 0 Å². The highest BCUT2D eigenvalue weighted by atomic mass is 14.3. The normalized spacial score (nSPS) is 15.3. The van der Waals surface area contributed by atoms with Crippen molar-refractivity contribution in [2.24, 2.45) is 11.3 Å². The van der Waals surface area contributed by atoms with Crippen LogP contribution in [0.2, 0.25) is 0 Å². The molecule has 0 bridgehead atoms. The van der Waals surface area contributed by atoms with E-state index in [0.29, 0.717) is 11.3 Å². The number of unbranched alkanes of at least 4 members (excludes halogenated alkanes) is 1. The molecular formula is C20H36. The van der Waals surface area contributed by atoms with Gasteiger partial charge in [-0.3, -0.25) is 0 Å². The fourth-order valence-electron chi connectivity index (χ4n) is 3.36. The van der Waals surface area contributed by atoms with Crippen LogP contribution in [0.1, 0.15) is 78.6 Å². The molecule has 2 unspecified atom stereocenters. The minimum Gasteiger partial charge on any atom is -0.103 e. The van der Waals surface area contributed by atoms with Crippen LogP contribution in [0.5, 0.6) is 0 Å². The van der Waals surface area contributed by atoms with Gasteiger partial charge >= 0.3 is 0 Å². The van der Waals surface area contributed by atoms with Crippen LogP contribution < -0.4 is 0 Å². The Labute approximate surface area is 128 Å². The van der Waals surface area contributed by atoms with Gasteiger partial charge in [-0.2, -0.15) is 0 Å². The van der Waals surface area contributed by atoms with E-state index >= 15 is 0 Å². The third-order valence-electron chi connectivity index (χ3n) is 4.36. The van der Waals surface area contributed by atoms with Crippen molar-refractivity contribution >= 4 is 0 Å². The van der Waals surface area contributed by atoms with Crippen molar-refractivity contribution in [3.8, 4) is 0 Å². The van der Waals surface area contributed by atoms with Crippen LogP contribution >= 0.6 is 0 Å². The van der Waals surface area contributed by atoms with E-state index < -0.39 is 0 Å². The maximum Gasteiger partial charge on any atom is -0.0259 e. The Morgan fingerprint density at radius 1 is 1.15 bits per heavy atom. The van der Waals surface area contributed by atoms with Crippen molar-refractivity contribution in [3.05, 3.63) is 37.5 Å². The minimum atomic E-state index is 0.501. The zero-order valence-corrected chi connectivity index (χ0v) is 14.2. The van der Waals surface area contributed by atoms with E-state index in [9.17, 15) is 0 Å². The second kappa shape index (κ2) is 10.9. The summed E-state index contributed by atoms with van der Waals surface area (Å²) in [6, 6.07) is 0. The van der Waals surface area contributed by atoms with Crippen LogP contribution in [0.3, 0.4) is 0 Å². The first kappa shape index (κ1) is 19.2. The van der Waals surface area contributed by atoms with Crippen LogP contribution in [0, 0.1) is 11.3 Å². The second-order valence-electron chi connectivity index (χ2n) is 6.66. The molecule has 0 aromatic carbocycles. The van der Waals surface area contributed by atoms with E-state index in [0.717, 1.165) is 6.42 Å². The predicted octanol–water partition coefficient (Wildman–Crippen LogP) is 7.09. The van der Waals surface area contributed by atoms with Gasteiger partial charge in [-0.1, -0.05) is 38.0 Å². The first-order chi connectivity index (χ1) is 9.49. The molecule has 0 heterocycles. The summed E-state index contributed by atoms with van der Waals surface area (Å²) in [7, 11) is 0. The molecule has 0 spiro atoms. The largest absolute Gasteiger partial charge is 0.103 e. The van der Waals surface area contributed by atoms with Gasteiger partial charge in [-0.25, -0.2) is 0 Å². The van der Waals surface area contributed by atoms with Gasteiger partial charge in [0.2, 0.25) is 0 Å². The predicted molar refractivity (Wildman–Crippen MR) is 94.0 cm³/mol. The summed E-state index contributed by atoms with van der Waals surface area (Å²) < 4.78 is 0. The highest BCUT2D eigenvalue weighted by Gasteiger charge is 2.29. The Bertz CT molecular complexity index is 286. The first-order valence-electron chi connectivity index (χ1n) is 8.37. The van der Waals surface area contributed by atoms with Crippen molar-refractivity contribution in [1.29, 1.82) is 0 Å². The highest BCUT2D eigenvalue weighted by Crippen LogP contribution is 2.42. The Balaban J connectivity index is 4.73. The van der Waals surface area contributed by atoms with Crippen LogP contribution in [0.25, 0.3) is 0 Å². The molecule has 0 nitrogen and oxygen atoms in total. The zero-order valence-electron chi connectivity index (χ0n) is 14.2. The van der Waals surface area contributed by atoms with Crippen LogP contribution in [0.15, 0.2) is 37.5 Å². The van der Waals surface area contributed by atoms with Crippen molar-refractivity contribution in [2.45, 2.75) is 78.6 Å². The van der Waals surface area contributed by atoms with Gasteiger partial charge in [0.1, 0.15) is 0 Å². The molecule has 0 radical (unpaired) electrons. The molecule has 0 aromatic heterocycles. The van der Waals surface area contributed by atoms with Gasteiger partial charge in [0.05, 0.1) is 0 Å². The fraction of sp³-hybridized carbons (Fsp3) is 0.700. The van der Waals surface area contributed by atoms with E-state index in [1.165, 1.54) is 56.9 Å². The summed E-state index contributed by atoms with van der Waals surface area (Å²) in [6.07, 6.45) is 15.7. The molecule has 0 heteroatoms. The lowest BCUT2D eigenvalue weighted by Crippen LogP contribution is -2.23. The number of hydrogen-bond acceptors (Lipinski definition) is 0. The van der Waals surface area contributed by atoms with Crippen molar-refractivity contribution < 1.29 is 0 Å². The summed E-state index contributed by atoms with van der Waals surface area (Å²) in [6.45, 7) is 18.7. The lowest BCUT2D eigenvalue weighted by atomic mass is 9.69. The van der Waals surface area contributed by atoms with E-state index in [4.69, 9.17) is 0 Å². The van der Waals surface area contributed by atoms with Gasteiger partial charge in [-0.05, 0) is 69.6 Å². The maximum atomic E-state index is 4.04. The molecule has 0 N–H and O–H groups in total. The van der Waals surface area contributed by atoms with Gasteiger partial charge in [0.25, 0.3) is 0 Å². The molecule has 0 fully saturated rings. The Kier molecular flexibility index (Phi) is 10.5. The molecule has 2 atom stereocenters. The monoisotopic (exact) mass is 276 g/mol. The van der Waals surface area contributed by atoms with Gasteiger partial charge < -0.3 is 0 Å². The zero-order chi connectivity index (χ0) is 15.4. The molecule has 0 saturated heterocycles. The SMILES string of the molecule is C=CCCCC(CCC)(CCCC(=C)C)CC(C)C=C. The summed E-state index contributed by atoms with van der Waals surface area (Å²) in [5, 5.41) is 0. The van der Waals surface area contributed by atoms with Crippen molar-refractivity contribution in [2.75, 3.05) is 0 Å². The molecule has 0 saturated carbocycles. The topological polar surface area (TPSA) is 0 Å². The lowest BCUT2D eigenvalue weighted by molar-refractivity contribution is 0.169. The smallest absolute Gasteiger partial charge is 0.0259 e. The molecule has 116 valence electrons. The quantitative estimate of drug-likeness (QED) is 0.249. The molecule has 0 aliphatic heterocycles. The maximum absolute atomic E-state index is 4.04. The van der Waals surface area contributed by atoms with E-state index in [-0.39, 0.29) is 0 Å². The lowest BCUT2D eigenvalue weighted by Gasteiger charge is -2.36. The fourth-order valence-corrected chi connectivity index (χ4v) is 3.36. The summed E-state index contributed by atoms with van der Waals surface area (Å²) in [5.74, 6) is 0.620. The Morgan fingerprint density at radius 3 is 2.30 bits per heavy atom. The summed E-state index contributed by atoms with van der Waals surface area (Å²) >= 11 is 0. The molecule has 20 heavy (non-hydrogen) atoms. The van der Waals surface area contributed by atoms with Crippen molar-refractivity contribution in [1.82, 2.24) is 0 Å². The summed E-state index contributed by atoms with van der Waals surface area (Å²) in [4.78, 5) is 0. The molecular weight excluding hydrogens is 240 g/mol. The van der Waals surface area contributed by atoms with Gasteiger partial charge in [0.15, 0.2) is 0 Å². The number of allylic oxidation sites excluding steroid dienone is 3. The van der Waals surface area contributed by atoms with Crippen molar-refractivity contribution in [3.63, 3.8) is 0 Å². The third kappa shape index (κ3) is 8.40. The molecule has 0 aliphatic carbocycles. The van der Waals surface area contributed by atoms with E-state index in [1.807, 2.05) is 0 Å². The highest BCUT2D eigenvalue weighted by molar-refractivity contribution is 4.91. The number of rotatable bonds is 13. The molecule has 0 aromatic rings. The Hall–Kier alpha value is -0.780. The van der Waals surface area contributed by atoms with E-state index in [1.54, 1.807) is 0 Å². The summed E-state index contributed by atoms with van der Waals surface area (Å²) in [5.41, 5.74) is 1.82. The first-order valence-corrected chi connectivity index (χ1v) is 8.37. The minimum absolute atomic E-state index is 0.501. The molecule has 0 aliphatic rings.